The van der Waals surface area contributed by atoms with E-state index >= 15 is 0 Å². The van der Waals surface area contributed by atoms with Crippen molar-refractivity contribution in [1.29, 1.82) is 0 Å². The first-order valence-electron chi connectivity index (χ1n) is 10.8. The van der Waals surface area contributed by atoms with Crippen LogP contribution in [0.2, 0.25) is 0 Å². The fourth-order valence-corrected chi connectivity index (χ4v) is 4.27. The van der Waals surface area contributed by atoms with Crippen molar-refractivity contribution in [2.45, 2.75) is 13.1 Å². The molecule has 0 aliphatic carbocycles. The zero-order valence-electron chi connectivity index (χ0n) is 18.3. The molecule has 0 radical (unpaired) electrons. The lowest BCUT2D eigenvalue weighted by Gasteiger charge is -2.01. The first-order valence-corrected chi connectivity index (χ1v) is 11.7. The zero-order valence-corrected chi connectivity index (χ0v) is 19.1. The van der Waals surface area contributed by atoms with E-state index in [0.29, 0.717) is 18.9 Å². The monoisotopic (exact) mass is 466 g/mol. The van der Waals surface area contributed by atoms with Crippen molar-refractivity contribution in [3.8, 4) is 10.6 Å². The largest absolute Gasteiger partial charge is 0.306 e. The average molecular weight is 467 g/mol. The van der Waals surface area contributed by atoms with Crippen LogP contribution in [-0.4, -0.2) is 30.5 Å². The van der Waals surface area contributed by atoms with Gasteiger partial charge < -0.3 is 5.32 Å². The van der Waals surface area contributed by atoms with Gasteiger partial charge in [0, 0.05) is 42.5 Å². The summed E-state index contributed by atoms with van der Waals surface area (Å²) in [6.07, 6.45) is 10.6. The van der Waals surface area contributed by atoms with E-state index in [4.69, 9.17) is 5.10 Å². The Kier molecular flexibility index (Phi) is 6.40. The number of amides is 1. The van der Waals surface area contributed by atoms with Gasteiger partial charge in [-0.3, -0.25) is 19.1 Å². The van der Waals surface area contributed by atoms with E-state index in [-0.39, 0.29) is 5.91 Å². The summed E-state index contributed by atoms with van der Waals surface area (Å²) >= 11 is 1.62. The fourth-order valence-electron chi connectivity index (χ4n) is 3.54. The Morgan fingerprint density at radius 2 is 1.79 bits per heavy atom. The molecule has 34 heavy (non-hydrogen) atoms. The first kappa shape index (κ1) is 21.5. The molecule has 0 fully saturated rings. The third kappa shape index (κ3) is 5.36. The Labute approximate surface area is 201 Å². The summed E-state index contributed by atoms with van der Waals surface area (Å²) in [6.45, 7) is 1.25. The number of thiophene rings is 1. The van der Waals surface area contributed by atoms with E-state index in [9.17, 15) is 4.79 Å². The number of nitrogens with one attached hydrogen (secondary N) is 1. The van der Waals surface area contributed by atoms with Gasteiger partial charge in [-0.1, -0.05) is 42.5 Å². The summed E-state index contributed by atoms with van der Waals surface area (Å²) in [5.41, 5.74) is 3.95. The number of hydrogen-bond acceptors (Lipinski definition) is 5. The zero-order chi connectivity index (χ0) is 23.2. The lowest BCUT2D eigenvalue weighted by Crippen LogP contribution is -2.09. The van der Waals surface area contributed by atoms with Crippen LogP contribution in [0.4, 0.5) is 5.82 Å². The number of benzene rings is 1. The minimum Gasteiger partial charge on any atom is -0.306 e. The molecule has 7 nitrogen and oxygen atoms in total. The van der Waals surface area contributed by atoms with Gasteiger partial charge in [0.05, 0.1) is 18.0 Å². The van der Waals surface area contributed by atoms with E-state index in [1.54, 1.807) is 40.6 Å². The Balaban J connectivity index is 1.29. The highest BCUT2D eigenvalue weighted by Gasteiger charge is 2.11. The molecule has 1 amide bonds. The highest BCUT2D eigenvalue weighted by atomic mass is 32.1. The van der Waals surface area contributed by atoms with Crippen LogP contribution in [0, 0.1) is 0 Å². The molecule has 0 aliphatic rings. The first-order chi connectivity index (χ1) is 16.7. The maximum atomic E-state index is 12.6. The Morgan fingerprint density at radius 3 is 2.59 bits per heavy atom. The van der Waals surface area contributed by atoms with Gasteiger partial charge in [-0.25, -0.2) is 0 Å². The van der Waals surface area contributed by atoms with Gasteiger partial charge in [0.2, 0.25) is 5.91 Å². The van der Waals surface area contributed by atoms with Crippen LogP contribution in [0.1, 0.15) is 16.7 Å². The molecule has 0 saturated heterocycles. The standard InChI is InChI=1S/C26H22N6OS/c33-25(28-24-12-14-31(29-24)18-21-8-4-13-27-16-21)11-10-22-19-32(17-20-6-2-1-3-7-20)30-26(22)23-9-5-15-34-23/h1-16,19H,17-18H2,(H,28,29,33)/b11-10-. The van der Waals surface area contributed by atoms with Crippen molar-refractivity contribution < 1.29 is 4.79 Å². The summed E-state index contributed by atoms with van der Waals surface area (Å²) in [5.74, 6) is 0.247. The minimum absolute atomic E-state index is 0.250. The van der Waals surface area contributed by atoms with Gasteiger partial charge in [-0.15, -0.1) is 11.3 Å². The van der Waals surface area contributed by atoms with E-state index in [0.717, 1.165) is 27.3 Å². The van der Waals surface area contributed by atoms with Gasteiger partial charge in [-0.2, -0.15) is 10.2 Å². The SMILES string of the molecule is O=C(/C=C\c1cn(Cc2ccccc2)nc1-c1cccs1)Nc1ccn(Cc2cccnc2)n1. The third-order valence-corrected chi connectivity index (χ3v) is 5.98. The van der Waals surface area contributed by atoms with E-state index < -0.39 is 0 Å². The van der Waals surface area contributed by atoms with Crippen LogP contribution in [0.5, 0.6) is 0 Å². The van der Waals surface area contributed by atoms with Crippen molar-refractivity contribution in [3.05, 3.63) is 114 Å². The average Bonchev–Trinajstić information content (AvgIpc) is 3.61. The Morgan fingerprint density at radius 1 is 0.941 bits per heavy atom. The topological polar surface area (TPSA) is 77.6 Å². The van der Waals surface area contributed by atoms with Crippen LogP contribution in [0.3, 0.4) is 0 Å². The number of carbonyl (C=O) groups excluding carboxylic acids is 1. The van der Waals surface area contributed by atoms with E-state index in [1.165, 1.54) is 6.08 Å². The van der Waals surface area contributed by atoms with Crippen molar-refractivity contribution in [2.75, 3.05) is 5.32 Å². The van der Waals surface area contributed by atoms with Crippen molar-refractivity contribution >= 4 is 29.1 Å². The molecule has 1 N–H and O–H groups in total. The van der Waals surface area contributed by atoms with E-state index in [1.807, 2.05) is 64.9 Å². The normalized spacial score (nSPS) is 11.2. The van der Waals surface area contributed by atoms with Gasteiger partial charge in [-0.05, 0) is 34.7 Å². The highest BCUT2D eigenvalue weighted by Crippen LogP contribution is 2.27. The van der Waals surface area contributed by atoms with Crippen LogP contribution in [0.25, 0.3) is 16.6 Å². The molecule has 8 heteroatoms. The molecule has 0 saturated carbocycles. The van der Waals surface area contributed by atoms with Crippen LogP contribution in [0.15, 0.2) is 96.9 Å². The highest BCUT2D eigenvalue weighted by molar-refractivity contribution is 7.13. The van der Waals surface area contributed by atoms with Crippen LogP contribution >= 0.6 is 11.3 Å². The molecule has 0 spiro atoms. The summed E-state index contributed by atoms with van der Waals surface area (Å²) < 4.78 is 3.67. The second-order valence-corrected chi connectivity index (χ2v) is 8.62. The number of pyridine rings is 1. The second kappa shape index (κ2) is 10.1. The molecule has 4 aromatic heterocycles. The van der Waals surface area contributed by atoms with Crippen LogP contribution in [-0.2, 0) is 17.9 Å². The number of aromatic nitrogens is 5. The molecular weight excluding hydrogens is 444 g/mol. The number of anilines is 1. The lowest BCUT2D eigenvalue weighted by atomic mass is 10.2. The molecule has 1 aromatic carbocycles. The summed E-state index contributed by atoms with van der Waals surface area (Å²) in [4.78, 5) is 17.7. The maximum absolute atomic E-state index is 12.6. The molecule has 4 heterocycles. The lowest BCUT2D eigenvalue weighted by molar-refractivity contribution is -0.111. The number of nitrogens with zero attached hydrogens (tertiary/aromatic N) is 5. The smallest absolute Gasteiger partial charge is 0.249 e. The predicted molar refractivity (Wildman–Crippen MR) is 134 cm³/mol. The third-order valence-electron chi connectivity index (χ3n) is 5.11. The molecule has 0 aliphatic heterocycles. The van der Waals surface area contributed by atoms with Gasteiger partial charge in [0.15, 0.2) is 5.82 Å². The quantitative estimate of drug-likeness (QED) is 0.328. The summed E-state index contributed by atoms with van der Waals surface area (Å²) in [6, 6.07) is 19.9. The molecule has 5 aromatic rings. The van der Waals surface area contributed by atoms with Crippen LogP contribution < -0.4 is 5.32 Å². The molecule has 0 bridgehead atoms. The molecule has 0 atom stereocenters. The molecular formula is C26H22N6OS. The van der Waals surface area contributed by atoms with Crippen molar-refractivity contribution in [1.82, 2.24) is 24.5 Å². The number of carbonyl (C=O) groups is 1. The molecule has 5 rings (SSSR count). The Bertz CT molecular complexity index is 1390. The molecule has 0 unspecified atom stereocenters. The van der Waals surface area contributed by atoms with Gasteiger partial charge in [0.25, 0.3) is 0 Å². The second-order valence-electron chi connectivity index (χ2n) is 7.68. The fraction of sp³-hybridized carbons (Fsp3) is 0.0769. The predicted octanol–water partition coefficient (Wildman–Crippen LogP) is 4.95. The number of rotatable bonds is 8. The summed E-state index contributed by atoms with van der Waals surface area (Å²) in [7, 11) is 0. The van der Waals surface area contributed by atoms with Gasteiger partial charge in [0.1, 0.15) is 5.69 Å². The van der Waals surface area contributed by atoms with E-state index in [2.05, 4.69) is 27.5 Å². The summed E-state index contributed by atoms with van der Waals surface area (Å²) in [5, 5.41) is 14.0. The maximum Gasteiger partial charge on any atom is 0.249 e. The molecule has 168 valence electrons. The minimum atomic E-state index is -0.250. The number of hydrogen-bond donors (Lipinski definition) is 1. The van der Waals surface area contributed by atoms with Crippen molar-refractivity contribution in [3.63, 3.8) is 0 Å². The Hall–Kier alpha value is -4.30. The van der Waals surface area contributed by atoms with Crippen molar-refractivity contribution in [2.24, 2.45) is 0 Å². The van der Waals surface area contributed by atoms with Gasteiger partial charge >= 0.3 is 0 Å².